The summed E-state index contributed by atoms with van der Waals surface area (Å²) in [6.07, 6.45) is 1.10. The maximum Gasteiger partial charge on any atom is 0.271 e. The monoisotopic (exact) mass is 299 g/mol. The van der Waals surface area contributed by atoms with Crippen molar-refractivity contribution in [3.05, 3.63) is 22.8 Å². The van der Waals surface area contributed by atoms with Crippen LogP contribution in [0.25, 0.3) is 0 Å². The third kappa shape index (κ3) is 4.96. The number of likely N-dealkylation sites (N-methyl/N-ethyl adjacent to an activating group) is 1. The molecule has 1 aromatic rings. The molecule has 0 spiro atoms. The first-order valence-corrected chi connectivity index (χ1v) is 7.13. The number of aromatic nitrogens is 1. The molecule has 0 unspecified atom stereocenters. The summed E-state index contributed by atoms with van der Waals surface area (Å²) < 4.78 is 0. The van der Waals surface area contributed by atoms with Crippen molar-refractivity contribution in [3.8, 4) is 0 Å². The Morgan fingerprint density at radius 1 is 1.40 bits per heavy atom. The highest BCUT2D eigenvalue weighted by Crippen LogP contribution is 2.15. The molecule has 1 heterocycles. The Hall–Kier alpha value is -1.37. The Morgan fingerprint density at radius 3 is 2.75 bits per heavy atom. The molecule has 112 valence electrons. The van der Waals surface area contributed by atoms with Gasteiger partial charge in [0.05, 0.1) is 5.02 Å². The fourth-order valence-electron chi connectivity index (χ4n) is 1.84. The SMILES string of the molecule is CCCN(CC)CCNC(=O)c1nc(NN)ccc1Cl. The van der Waals surface area contributed by atoms with E-state index in [1.807, 2.05) is 0 Å². The molecule has 0 saturated carbocycles. The summed E-state index contributed by atoms with van der Waals surface area (Å²) in [6, 6.07) is 3.20. The summed E-state index contributed by atoms with van der Waals surface area (Å²) >= 11 is 5.96. The zero-order chi connectivity index (χ0) is 15.0. The van der Waals surface area contributed by atoms with Crippen molar-refractivity contribution in [1.29, 1.82) is 0 Å². The highest BCUT2D eigenvalue weighted by Gasteiger charge is 2.13. The predicted octanol–water partition coefficient (Wildman–Crippen LogP) is 1.48. The summed E-state index contributed by atoms with van der Waals surface area (Å²) in [6.45, 7) is 7.60. The number of carbonyl (C=O) groups is 1. The maximum atomic E-state index is 12.0. The van der Waals surface area contributed by atoms with E-state index in [0.29, 0.717) is 17.4 Å². The van der Waals surface area contributed by atoms with Crippen LogP contribution >= 0.6 is 11.6 Å². The van der Waals surface area contributed by atoms with E-state index in [1.54, 1.807) is 12.1 Å². The third-order valence-electron chi connectivity index (χ3n) is 2.91. The molecule has 20 heavy (non-hydrogen) atoms. The number of nitrogens with two attached hydrogens (primary N) is 1. The first-order chi connectivity index (χ1) is 9.62. The van der Waals surface area contributed by atoms with Crippen LogP contribution in [-0.4, -0.2) is 42.0 Å². The molecule has 0 bridgehead atoms. The van der Waals surface area contributed by atoms with Gasteiger partial charge in [0.1, 0.15) is 11.5 Å². The first kappa shape index (κ1) is 16.7. The second kappa shape index (κ2) is 8.73. The van der Waals surface area contributed by atoms with E-state index in [-0.39, 0.29) is 11.6 Å². The van der Waals surface area contributed by atoms with Gasteiger partial charge in [0.2, 0.25) is 0 Å². The van der Waals surface area contributed by atoms with Crippen LogP contribution in [0, 0.1) is 0 Å². The standard InChI is InChI=1S/C13H22ClN5O/c1-3-8-19(4-2)9-7-16-13(20)12-10(14)5-6-11(17-12)18-15/h5-6H,3-4,7-9,15H2,1-2H3,(H,16,20)(H,17,18). The minimum atomic E-state index is -0.292. The van der Waals surface area contributed by atoms with Crippen molar-refractivity contribution in [2.45, 2.75) is 20.3 Å². The van der Waals surface area contributed by atoms with Gasteiger partial charge >= 0.3 is 0 Å². The fourth-order valence-corrected chi connectivity index (χ4v) is 2.03. The number of carbonyl (C=O) groups excluding carboxylic acids is 1. The topological polar surface area (TPSA) is 83.3 Å². The van der Waals surface area contributed by atoms with Crippen LogP contribution in [0.5, 0.6) is 0 Å². The molecule has 0 radical (unpaired) electrons. The number of halogens is 1. The Morgan fingerprint density at radius 2 is 2.15 bits per heavy atom. The lowest BCUT2D eigenvalue weighted by atomic mass is 10.3. The fraction of sp³-hybridized carbons (Fsp3) is 0.538. The first-order valence-electron chi connectivity index (χ1n) is 6.76. The van der Waals surface area contributed by atoms with Crippen molar-refractivity contribution in [2.24, 2.45) is 5.84 Å². The third-order valence-corrected chi connectivity index (χ3v) is 3.21. The second-order valence-corrected chi connectivity index (χ2v) is 4.77. The van der Waals surface area contributed by atoms with Gasteiger partial charge < -0.3 is 15.6 Å². The number of amides is 1. The molecular weight excluding hydrogens is 278 g/mol. The number of anilines is 1. The average Bonchev–Trinajstić information content (AvgIpc) is 2.46. The Kier molecular flexibility index (Phi) is 7.28. The van der Waals surface area contributed by atoms with E-state index in [4.69, 9.17) is 17.4 Å². The molecule has 0 aromatic carbocycles. The minimum absolute atomic E-state index is 0.181. The average molecular weight is 300 g/mol. The van der Waals surface area contributed by atoms with E-state index in [9.17, 15) is 4.79 Å². The molecule has 0 aliphatic carbocycles. The number of rotatable bonds is 8. The van der Waals surface area contributed by atoms with Gasteiger partial charge in [0.25, 0.3) is 5.91 Å². The van der Waals surface area contributed by atoms with Gasteiger partial charge in [-0.2, -0.15) is 0 Å². The number of hydrogen-bond acceptors (Lipinski definition) is 5. The van der Waals surface area contributed by atoms with E-state index < -0.39 is 0 Å². The van der Waals surface area contributed by atoms with Gasteiger partial charge in [0.15, 0.2) is 0 Å². The van der Waals surface area contributed by atoms with E-state index in [2.05, 4.69) is 34.5 Å². The number of hydrogen-bond donors (Lipinski definition) is 3. The van der Waals surface area contributed by atoms with Crippen molar-refractivity contribution in [3.63, 3.8) is 0 Å². The Labute approximate surface area is 124 Å². The van der Waals surface area contributed by atoms with Gasteiger partial charge in [-0.15, -0.1) is 0 Å². The Bertz CT molecular complexity index is 441. The van der Waals surface area contributed by atoms with Crippen LogP contribution in [0.1, 0.15) is 30.8 Å². The van der Waals surface area contributed by atoms with Crippen LogP contribution in [0.15, 0.2) is 12.1 Å². The lowest BCUT2D eigenvalue weighted by Crippen LogP contribution is -2.35. The van der Waals surface area contributed by atoms with Crippen LogP contribution in [0.3, 0.4) is 0 Å². The quantitative estimate of drug-likeness (QED) is 0.500. The minimum Gasteiger partial charge on any atom is -0.349 e. The molecule has 0 aliphatic rings. The van der Waals surface area contributed by atoms with E-state index >= 15 is 0 Å². The van der Waals surface area contributed by atoms with Gasteiger partial charge in [-0.25, -0.2) is 10.8 Å². The van der Waals surface area contributed by atoms with Crippen LogP contribution in [0.2, 0.25) is 5.02 Å². The molecule has 4 N–H and O–H groups in total. The van der Waals surface area contributed by atoms with Crippen molar-refractivity contribution < 1.29 is 4.79 Å². The number of pyridine rings is 1. The molecule has 1 amide bonds. The van der Waals surface area contributed by atoms with Crippen LogP contribution in [-0.2, 0) is 0 Å². The summed E-state index contributed by atoms with van der Waals surface area (Å²) in [7, 11) is 0. The molecule has 0 fully saturated rings. The zero-order valence-corrected chi connectivity index (χ0v) is 12.7. The van der Waals surface area contributed by atoms with Crippen molar-refractivity contribution in [1.82, 2.24) is 15.2 Å². The predicted molar refractivity (Wildman–Crippen MR) is 81.8 cm³/mol. The Balaban J connectivity index is 2.54. The summed E-state index contributed by atoms with van der Waals surface area (Å²) in [4.78, 5) is 18.3. The lowest BCUT2D eigenvalue weighted by molar-refractivity contribution is 0.0944. The van der Waals surface area contributed by atoms with E-state index in [0.717, 1.165) is 26.1 Å². The normalized spacial score (nSPS) is 10.7. The van der Waals surface area contributed by atoms with Gasteiger partial charge in [-0.05, 0) is 31.6 Å². The lowest BCUT2D eigenvalue weighted by Gasteiger charge is -2.19. The number of nitrogens with zero attached hydrogens (tertiary/aromatic N) is 2. The molecule has 1 rings (SSSR count). The zero-order valence-electron chi connectivity index (χ0n) is 11.9. The molecule has 7 heteroatoms. The van der Waals surface area contributed by atoms with Crippen LogP contribution < -0.4 is 16.6 Å². The largest absolute Gasteiger partial charge is 0.349 e. The summed E-state index contributed by atoms with van der Waals surface area (Å²) in [5.74, 6) is 5.38. The van der Waals surface area contributed by atoms with Gasteiger partial charge in [-0.1, -0.05) is 25.4 Å². The number of hydrazine groups is 1. The smallest absolute Gasteiger partial charge is 0.271 e. The molecule has 0 saturated heterocycles. The van der Waals surface area contributed by atoms with Crippen LogP contribution in [0.4, 0.5) is 5.82 Å². The molecule has 0 aliphatic heterocycles. The van der Waals surface area contributed by atoms with Gasteiger partial charge in [-0.3, -0.25) is 4.79 Å². The molecular formula is C13H22ClN5O. The summed E-state index contributed by atoms with van der Waals surface area (Å²) in [5, 5.41) is 3.13. The summed E-state index contributed by atoms with van der Waals surface area (Å²) in [5.41, 5.74) is 2.57. The molecule has 0 atom stereocenters. The molecule has 6 nitrogen and oxygen atoms in total. The van der Waals surface area contributed by atoms with Crippen molar-refractivity contribution in [2.75, 3.05) is 31.6 Å². The second-order valence-electron chi connectivity index (χ2n) is 4.36. The van der Waals surface area contributed by atoms with Gasteiger partial charge in [0, 0.05) is 13.1 Å². The highest BCUT2D eigenvalue weighted by molar-refractivity contribution is 6.33. The maximum absolute atomic E-state index is 12.0. The van der Waals surface area contributed by atoms with E-state index in [1.165, 1.54) is 0 Å². The number of nitrogen functional groups attached to an aromatic ring is 1. The molecule has 1 aromatic heterocycles. The van der Waals surface area contributed by atoms with Crippen molar-refractivity contribution >= 4 is 23.3 Å². The number of nitrogens with one attached hydrogen (secondary N) is 2. The highest BCUT2D eigenvalue weighted by atomic mass is 35.5.